The lowest BCUT2D eigenvalue weighted by atomic mass is 9.79. The zero-order valence-corrected chi connectivity index (χ0v) is 20.2. The van der Waals surface area contributed by atoms with E-state index in [0.29, 0.717) is 17.3 Å². The number of nitrogens with one attached hydrogen (secondary N) is 2. The van der Waals surface area contributed by atoms with Crippen molar-refractivity contribution in [2.45, 2.75) is 24.8 Å². The summed E-state index contributed by atoms with van der Waals surface area (Å²) in [5.74, 6) is -1.70. The molecule has 0 aliphatic heterocycles. The van der Waals surface area contributed by atoms with Crippen LogP contribution in [0, 0.1) is 5.92 Å². The number of anilines is 1. The number of carbonyl (C=O) groups excluding carboxylic acids is 2. The predicted molar refractivity (Wildman–Crippen MR) is 134 cm³/mol. The highest BCUT2D eigenvalue weighted by Gasteiger charge is 2.36. The van der Waals surface area contributed by atoms with E-state index < -0.39 is 12.1 Å². The minimum Gasteiger partial charge on any atom is -0.478 e. The van der Waals surface area contributed by atoms with Gasteiger partial charge in [0.1, 0.15) is 6.61 Å². The predicted octanol–water partition coefficient (Wildman–Crippen LogP) is 5.40. The van der Waals surface area contributed by atoms with Crippen molar-refractivity contribution in [3.63, 3.8) is 0 Å². The van der Waals surface area contributed by atoms with E-state index in [-0.39, 0.29) is 41.6 Å². The lowest BCUT2D eigenvalue weighted by Gasteiger charge is -2.34. The van der Waals surface area contributed by atoms with Gasteiger partial charge in [0, 0.05) is 22.4 Å². The second kappa shape index (κ2) is 9.54. The first-order valence-electron chi connectivity index (χ1n) is 11.4. The fourth-order valence-electron chi connectivity index (χ4n) is 4.79. The molecule has 1 fully saturated rings. The fraction of sp³-hybridized carbons (Fsp3) is 0.222. The van der Waals surface area contributed by atoms with Crippen molar-refractivity contribution in [3.05, 3.63) is 87.9 Å². The van der Waals surface area contributed by atoms with Crippen LogP contribution >= 0.6 is 15.9 Å². The maximum atomic E-state index is 12.6. The number of rotatable bonds is 6. The summed E-state index contributed by atoms with van der Waals surface area (Å²) in [6.07, 6.45) is 0.431. The van der Waals surface area contributed by atoms with Crippen LogP contribution in [0.2, 0.25) is 0 Å². The number of carboxylic acid groups (broad SMARTS) is 1. The van der Waals surface area contributed by atoms with Gasteiger partial charge in [0.2, 0.25) is 5.91 Å². The molecule has 178 valence electrons. The third kappa shape index (κ3) is 4.66. The molecule has 0 atom stereocenters. The molecule has 5 rings (SSSR count). The average molecular weight is 535 g/mol. The number of fused-ring (bicyclic) bond motifs is 3. The van der Waals surface area contributed by atoms with E-state index in [9.17, 15) is 19.5 Å². The summed E-state index contributed by atoms with van der Waals surface area (Å²) in [6.45, 7) is 0.234. The Hall–Kier alpha value is -3.65. The van der Waals surface area contributed by atoms with Crippen molar-refractivity contribution >= 4 is 39.6 Å². The molecule has 3 N–H and O–H groups in total. The van der Waals surface area contributed by atoms with E-state index in [1.54, 1.807) is 12.1 Å². The summed E-state index contributed by atoms with van der Waals surface area (Å²) in [5, 5.41) is 14.9. The minimum atomic E-state index is -1.12. The Morgan fingerprint density at radius 2 is 1.57 bits per heavy atom. The van der Waals surface area contributed by atoms with Gasteiger partial charge in [-0.05, 0) is 53.3 Å². The molecule has 35 heavy (non-hydrogen) atoms. The molecule has 0 heterocycles. The van der Waals surface area contributed by atoms with E-state index >= 15 is 0 Å². The first-order valence-corrected chi connectivity index (χ1v) is 12.1. The van der Waals surface area contributed by atoms with Gasteiger partial charge in [0.15, 0.2) is 0 Å². The first kappa shape index (κ1) is 23.1. The van der Waals surface area contributed by atoms with Gasteiger partial charge in [0.25, 0.3) is 0 Å². The Balaban J connectivity index is 1.13. The lowest BCUT2D eigenvalue weighted by molar-refractivity contribution is -0.122. The van der Waals surface area contributed by atoms with Gasteiger partial charge in [-0.15, -0.1) is 0 Å². The van der Waals surface area contributed by atoms with Crippen LogP contribution in [0.25, 0.3) is 11.1 Å². The van der Waals surface area contributed by atoms with Crippen molar-refractivity contribution in [1.29, 1.82) is 0 Å². The normalized spacial score (nSPS) is 18.1. The zero-order valence-electron chi connectivity index (χ0n) is 18.7. The topological polar surface area (TPSA) is 105 Å². The Morgan fingerprint density at radius 1 is 0.943 bits per heavy atom. The SMILES string of the molecule is O=C(NC1CC(C(=O)Nc2ccc(Br)cc2C(=O)O)C1)OCC1c2ccccc2-c2ccccc21. The second-order valence-corrected chi connectivity index (χ2v) is 9.74. The average Bonchev–Trinajstić information content (AvgIpc) is 3.14. The molecule has 0 unspecified atom stereocenters. The highest BCUT2D eigenvalue weighted by molar-refractivity contribution is 9.10. The van der Waals surface area contributed by atoms with Gasteiger partial charge in [-0.1, -0.05) is 64.5 Å². The number of hydrogen-bond donors (Lipinski definition) is 3. The highest BCUT2D eigenvalue weighted by atomic mass is 79.9. The van der Waals surface area contributed by atoms with E-state index in [1.165, 1.54) is 17.2 Å². The number of hydrogen-bond acceptors (Lipinski definition) is 4. The largest absolute Gasteiger partial charge is 0.478 e. The maximum absolute atomic E-state index is 12.6. The summed E-state index contributed by atoms with van der Waals surface area (Å²) >= 11 is 3.24. The Labute approximate surface area is 210 Å². The summed E-state index contributed by atoms with van der Waals surface area (Å²) in [5.41, 5.74) is 4.90. The number of ether oxygens (including phenoxy) is 1. The number of benzene rings is 3. The molecule has 2 aliphatic carbocycles. The van der Waals surface area contributed by atoms with Gasteiger partial charge >= 0.3 is 12.1 Å². The van der Waals surface area contributed by atoms with Gasteiger partial charge in [-0.3, -0.25) is 4.79 Å². The smallest absolute Gasteiger partial charge is 0.407 e. The van der Waals surface area contributed by atoms with E-state index in [0.717, 1.165) is 11.1 Å². The second-order valence-electron chi connectivity index (χ2n) is 8.82. The molecule has 8 heteroatoms. The van der Waals surface area contributed by atoms with Gasteiger partial charge in [-0.25, -0.2) is 9.59 Å². The van der Waals surface area contributed by atoms with Crippen molar-refractivity contribution in [2.24, 2.45) is 5.92 Å². The highest BCUT2D eigenvalue weighted by Crippen LogP contribution is 2.44. The molecular weight excluding hydrogens is 512 g/mol. The minimum absolute atomic E-state index is 0.0117. The van der Waals surface area contributed by atoms with E-state index in [2.05, 4.69) is 50.8 Å². The van der Waals surface area contributed by atoms with Crippen LogP contribution in [0.3, 0.4) is 0 Å². The Morgan fingerprint density at radius 3 is 2.20 bits per heavy atom. The zero-order chi connectivity index (χ0) is 24.5. The molecule has 0 aromatic heterocycles. The van der Waals surface area contributed by atoms with Crippen molar-refractivity contribution in [1.82, 2.24) is 5.32 Å². The van der Waals surface area contributed by atoms with Crippen LogP contribution in [0.4, 0.5) is 10.5 Å². The van der Waals surface area contributed by atoms with Gasteiger partial charge in [-0.2, -0.15) is 0 Å². The Kier molecular flexibility index (Phi) is 6.30. The van der Waals surface area contributed by atoms with E-state index in [4.69, 9.17) is 4.74 Å². The van der Waals surface area contributed by atoms with Crippen LogP contribution in [0.15, 0.2) is 71.2 Å². The molecule has 3 aromatic rings. The summed E-state index contributed by atoms with van der Waals surface area (Å²) in [6, 6.07) is 20.8. The molecule has 1 saturated carbocycles. The molecule has 0 saturated heterocycles. The van der Waals surface area contributed by atoms with Crippen molar-refractivity contribution < 1.29 is 24.2 Å². The quantitative estimate of drug-likeness (QED) is 0.392. The van der Waals surface area contributed by atoms with E-state index in [1.807, 2.05) is 24.3 Å². The number of halogens is 1. The summed E-state index contributed by atoms with van der Waals surface area (Å²) in [7, 11) is 0. The summed E-state index contributed by atoms with van der Waals surface area (Å²) in [4.78, 5) is 36.4. The molecular formula is C27H23BrN2O5. The van der Waals surface area contributed by atoms with Crippen LogP contribution in [-0.4, -0.2) is 35.7 Å². The number of alkyl carbamates (subject to hydrolysis) is 1. The molecule has 0 spiro atoms. The monoisotopic (exact) mass is 534 g/mol. The molecule has 0 radical (unpaired) electrons. The van der Waals surface area contributed by atoms with Gasteiger partial charge in [0.05, 0.1) is 11.3 Å². The molecule has 3 aromatic carbocycles. The lowest BCUT2D eigenvalue weighted by Crippen LogP contribution is -2.48. The third-order valence-corrected chi connectivity index (χ3v) is 7.14. The molecule has 2 aliphatic rings. The number of aromatic carboxylic acids is 1. The molecule has 7 nitrogen and oxygen atoms in total. The van der Waals surface area contributed by atoms with Crippen LogP contribution in [0.5, 0.6) is 0 Å². The third-order valence-electron chi connectivity index (χ3n) is 6.64. The maximum Gasteiger partial charge on any atom is 0.407 e. The standard InChI is InChI=1S/C27H23BrN2O5/c28-16-9-10-24(22(13-16)26(32)33)30-25(31)15-11-17(12-15)29-27(34)35-14-23-20-7-3-1-5-18(20)19-6-2-4-8-21(19)23/h1-10,13,15,17,23H,11-12,14H2,(H,29,34)(H,30,31)(H,32,33). The van der Waals surface area contributed by atoms with Gasteiger partial charge < -0.3 is 20.5 Å². The number of carboxylic acids is 1. The van der Waals surface area contributed by atoms with Crippen LogP contribution in [0.1, 0.15) is 40.2 Å². The number of carbonyl (C=O) groups is 3. The molecule has 0 bridgehead atoms. The first-order chi connectivity index (χ1) is 16.9. The van der Waals surface area contributed by atoms with Crippen LogP contribution < -0.4 is 10.6 Å². The molecule has 2 amide bonds. The number of amides is 2. The van der Waals surface area contributed by atoms with Crippen LogP contribution in [-0.2, 0) is 9.53 Å². The van der Waals surface area contributed by atoms with Crippen molar-refractivity contribution in [3.8, 4) is 11.1 Å². The van der Waals surface area contributed by atoms with Crippen molar-refractivity contribution in [2.75, 3.05) is 11.9 Å². The Bertz CT molecular complexity index is 1270. The fourth-order valence-corrected chi connectivity index (χ4v) is 5.15. The summed E-state index contributed by atoms with van der Waals surface area (Å²) < 4.78 is 6.19.